The summed E-state index contributed by atoms with van der Waals surface area (Å²) in [4.78, 5) is 11.2. The number of aromatic hydroxyl groups is 1. The Labute approximate surface area is 103 Å². The molecule has 0 fully saturated rings. The van der Waals surface area contributed by atoms with Gasteiger partial charge in [0.2, 0.25) is 0 Å². The van der Waals surface area contributed by atoms with Gasteiger partial charge in [-0.3, -0.25) is 5.32 Å². The predicted octanol–water partition coefficient (Wildman–Crippen LogP) is 3.53. The summed E-state index contributed by atoms with van der Waals surface area (Å²) in [5, 5.41) is 11.3. The molecular formula is C11H13ClFNO3. The van der Waals surface area contributed by atoms with E-state index in [1.807, 2.05) is 6.92 Å². The minimum absolute atomic E-state index is 0.0461. The lowest BCUT2D eigenvalue weighted by Crippen LogP contribution is -2.15. The third kappa shape index (κ3) is 4.11. The van der Waals surface area contributed by atoms with Gasteiger partial charge in [-0.05, 0) is 12.5 Å². The van der Waals surface area contributed by atoms with E-state index < -0.39 is 11.9 Å². The van der Waals surface area contributed by atoms with Crippen molar-refractivity contribution in [3.8, 4) is 5.75 Å². The second kappa shape index (κ2) is 6.30. The zero-order valence-corrected chi connectivity index (χ0v) is 10.1. The number of unbranched alkanes of at least 4 members (excludes halogenated alkanes) is 1. The summed E-state index contributed by atoms with van der Waals surface area (Å²) in [6.07, 6.45) is 0.887. The number of phenolic OH excluding ortho intramolecular Hbond substituents is 1. The number of hydrogen-bond donors (Lipinski definition) is 2. The van der Waals surface area contributed by atoms with Crippen molar-refractivity contribution in [2.24, 2.45) is 0 Å². The number of carbonyl (C=O) groups is 1. The highest BCUT2D eigenvalue weighted by Crippen LogP contribution is 2.29. The molecule has 0 unspecified atom stereocenters. The number of amides is 1. The van der Waals surface area contributed by atoms with Gasteiger partial charge in [0.15, 0.2) is 5.82 Å². The minimum atomic E-state index is -0.778. The Kier molecular flexibility index (Phi) is 5.03. The molecular weight excluding hydrogens is 249 g/mol. The lowest BCUT2D eigenvalue weighted by molar-refractivity contribution is 0.159. The first-order valence-corrected chi connectivity index (χ1v) is 5.54. The van der Waals surface area contributed by atoms with Crippen LogP contribution in [0.1, 0.15) is 19.8 Å². The number of phenols is 1. The molecule has 0 bridgehead atoms. The van der Waals surface area contributed by atoms with Crippen molar-refractivity contribution >= 4 is 23.4 Å². The van der Waals surface area contributed by atoms with Gasteiger partial charge in [-0.2, -0.15) is 0 Å². The summed E-state index contributed by atoms with van der Waals surface area (Å²) in [5.41, 5.74) is -0.130. The maximum Gasteiger partial charge on any atom is 0.411 e. The van der Waals surface area contributed by atoms with Gasteiger partial charge in [0.1, 0.15) is 5.75 Å². The quantitative estimate of drug-likeness (QED) is 0.644. The normalized spacial score (nSPS) is 10.1. The molecule has 2 N–H and O–H groups in total. The summed E-state index contributed by atoms with van der Waals surface area (Å²) >= 11 is 5.59. The average molecular weight is 262 g/mol. The average Bonchev–Trinajstić information content (AvgIpc) is 2.26. The molecule has 0 aliphatic carbocycles. The van der Waals surface area contributed by atoms with Crippen LogP contribution in [0.25, 0.3) is 0 Å². The third-order valence-corrected chi connectivity index (χ3v) is 2.31. The van der Waals surface area contributed by atoms with Gasteiger partial charge in [0.05, 0.1) is 17.3 Å². The molecule has 17 heavy (non-hydrogen) atoms. The fourth-order valence-electron chi connectivity index (χ4n) is 1.09. The number of nitrogens with one attached hydrogen (secondary N) is 1. The number of carbonyl (C=O) groups excluding carboxylic acids is 1. The lowest BCUT2D eigenvalue weighted by Gasteiger charge is -2.08. The minimum Gasteiger partial charge on any atom is -0.506 e. The lowest BCUT2D eigenvalue weighted by atomic mass is 10.3. The monoisotopic (exact) mass is 261 g/mol. The molecule has 4 nitrogen and oxygen atoms in total. The number of halogens is 2. The van der Waals surface area contributed by atoms with Crippen LogP contribution < -0.4 is 5.32 Å². The zero-order valence-electron chi connectivity index (χ0n) is 9.30. The fourth-order valence-corrected chi connectivity index (χ4v) is 1.25. The topological polar surface area (TPSA) is 58.6 Å². The van der Waals surface area contributed by atoms with E-state index in [4.69, 9.17) is 21.4 Å². The van der Waals surface area contributed by atoms with E-state index in [-0.39, 0.29) is 23.1 Å². The molecule has 0 saturated heterocycles. The molecule has 94 valence electrons. The molecule has 6 heteroatoms. The van der Waals surface area contributed by atoms with Gasteiger partial charge < -0.3 is 9.84 Å². The summed E-state index contributed by atoms with van der Waals surface area (Å²) in [6, 6.07) is 1.94. The second-order valence-corrected chi connectivity index (χ2v) is 3.81. The third-order valence-electron chi connectivity index (χ3n) is 2.00. The smallest absolute Gasteiger partial charge is 0.411 e. The maximum atomic E-state index is 13.3. The SMILES string of the molecule is CCCCOC(=O)Nc1cc(Cl)c(O)cc1F. The molecule has 1 aromatic rings. The second-order valence-electron chi connectivity index (χ2n) is 3.40. The van der Waals surface area contributed by atoms with Gasteiger partial charge >= 0.3 is 6.09 Å². The summed E-state index contributed by atoms with van der Waals surface area (Å²) in [5.74, 6) is -1.16. The van der Waals surface area contributed by atoms with E-state index in [1.54, 1.807) is 0 Å². The highest BCUT2D eigenvalue weighted by Gasteiger charge is 2.11. The van der Waals surface area contributed by atoms with Crippen molar-refractivity contribution in [1.29, 1.82) is 0 Å². The Morgan fingerprint density at radius 2 is 2.29 bits per heavy atom. The number of benzene rings is 1. The Morgan fingerprint density at radius 1 is 1.59 bits per heavy atom. The number of anilines is 1. The standard InChI is InChI=1S/C11H13ClFNO3/c1-2-3-4-17-11(16)14-9-5-7(12)10(15)6-8(9)13/h5-6,15H,2-4H2,1H3,(H,14,16). The number of rotatable bonds is 4. The van der Waals surface area contributed by atoms with Gasteiger partial charge in [-0.15, -0.1) is 0 Å². The van der Waals surface area contributed by atoms with Gasteiger partial charge in [0, 0.05) is 6.07 Å². The van der Waals surface area contributed by atoms with Crippen LogP contribution in [0.5, 0.6) is 5.75 Å². The highest BCUT2D eigenvalue weighted by molar-refractivity contribution is 6.32. The van der Waals surface area contributed by atoms with Crippen LogP contribution in [0.3, 0.4) is 0 Å². The molecule has 1 amide bonds. The number of hydrogen-bond acceptors (Lipinski definition) is 3. The van der Waals surface area contributed by atoms with E-state index in [0.717, 1.165) is 25.0 Å². The van der Waals surface area contributed by atoms with E-state index in [9.17, 15) is 9.18 Å². The van der Waals surface area contributed by atoms with E-state index in [2.05, 4.69) is 5.32 Å². The zero-order chi connectivity index (χ0) is 12.8. The summed E-state index contributed by atoms with van der Waals surface area (Å²) < 4.78 is 18.1. The van der Waals surface area contributed by atoms with Crippen molar-refractivity contribution in [2.75, 3.05) is 11.9 Å². The van der Waals surface area contributed by atoms with Crippen molar-refractivity contribution in [1.82, 2.24) is 0 Å². The molecule has 1 rings (SSSR count). The van der Waals surface area contributed by atoms with Gasteiger partial charge in [-0.25, -0.2) is 9.18 Å². The van der Waals surface area contributed by atoms with Crippen molar-refractivity contribution < 1.29 is 19.0 Å². The molecule has 0 aliphatic heterocycles. The molecule has 0 aliphatic rings. The molecule has 0 spiro atoms. The van der Waals surface area contributed by atoms with Crippen LogP contribution >= 0.6 is 11.6 Å². The van der Waals surface area contributed by atoms with E-state index in [0.29, 0.717) is 0 Å². The molecule has 0 aromatic heterocycles. The molecule has 0 heterocycles. The Hall–Kier alpha value is -1.49. The fraction of sp³-hybridized carbons (Fsp3) is 0.364. The van der Waals surface area contributed by atoms with Crippen LogP contribution in [0.2, 0.25) is 5.02 Å². The largest absolute Gasteiger partial charge is 0.506 e. The Morgan fingerprint density at radius 3 is 2.94 bits per heavy atom. The predicted molar refractivity (Wildman–Crippen MR) is 63.0 cm³/mol. The van der Waals surface area contributed by atoms with Crippen LogP contribution in [0, 0.1) is 5.82 Å². The molecule has 1 aromatic carbocycles. The molecule has 0 radical (unpaired) electrons. The maximum absolute atomic E-state index is 13.3. The van der Waals surface area contributed by atoms with Crippen LogP contribution in [0.4, 0.5) is 14.9 Å². The van der Waals surface area contributed by atoms with Gasteiger partial charge in [0.25, 0.3) is 0 Å². The van der Waals surface area contributed by atoms with Crippen molar-refractivity contribution in [3.63, 3.8) is 0 Å². The van der Waals surface area contributed by atoms with E-state index in [1.165, 1.54) is 0 Å². The van der Waals surface area contributed by atoms with Crippen LogP contribution in [-0.4, -0.2) is 17.8 Å². The van der Waals surface area contributed by atoms with Crippen LogP contribution in [0.15, 0.2) is 12.1 Å². The van der Waals surface area contributed by atoms with E-state index >= 15 is 0 Å². The first-order valence-electron chi connectivity index (χ1n) is 5.16. The first kappa shape index (κ1) is 13.6. The molecule has 0 atom stereocenters. The van der Waals surface area contributed by atoms with Gasteiger partial charge in [-0.1, -0.05) is 24.9 Å². The summed E-state index contributed by atoms with van der Waals surface area (Å²) in [7, 11) is 0. The van der Waals surface area contributed by atoms with Crippen LogP contribution in [-0.2, 0) is 4.74 Å². The molecule has 0 saturated carbocycles. The van der Waals surface area contributed by atoms with Crippen molar-refractivity contribution in [3.05, 3.63) is 23.0 Å². The highest BCUT2D eigenvalue weighted by atomic mass is 35.5. The number of ether oxygens (including phenoxy) is 1. The Bertz CT molecular complexity index is 412. The van der Waals surface area contributed by atoms with Crippen molar-refractivity contribution in [2.45, 2.75) is 19.8 Å². The first-order chi connectivity index (χ1) is 8.04. The Balaban J connectivity index is 2.62. The summed E-state index contributed by atoms with van der Waals surface area (Å²) in [6.45, 7) is 2.23.